The van der Waals surface area contributed by atoms with Gasteiger partial charge in [0.05, 0.1) is 0 Å². The van der Waals surface area contributed by atoms with Gasteiger partial charge < -0.3 is 19.7 Å². The highest BCUT2D eigenvalue weighted by Crippen LogP contribution is 2.29. The van der Waals surface area contributed by atoms with E-state index in [-0.39, 0.29) is 23.6 Å². The lowest BCUT2D eigenvalue weighted by Gasteiger charge is -2.28. The van der Waals surface area contributed by atoms with Crippen molar-refractivity contribution in [3.63, 3.8) is 0 Å². The largest absolute Gasteiger partial charge is 0.505 e. The second-order valence-corrected chi connectivity index (χ2v) is 5.09. The van der Waals surface area contributed by atoms with Gasteiger partial charge in [-0.3, -0.25) is 4.79 Å². The summed E-state index contributed by atoms with van der Waals surface area (Å²) in [5.41, 5.74) is 0.449. The maximum atomic E-state index is 12.9. The molecule has 22 heavy (non-hydrogen) atoms. The number of aromatic nitrogens is 1. The molecule has 3 rings (SSSR count). The Kier molecular flexibility index (Phi) is 3.32. The second-order valence-electron chi connectivity index (χ2n) is 5.09. The van der Waals surface area contributed by atoms with E-state index in [0.717, 1.165) is 5.56 Å². The van der Waals surface area contributed by atoms with Gasteiger partial charge in [0.25, 0.3) is 5.91 Å². The third-order valence-corrected chi connectivity index (χ3v) is 3.67. The number of carboxylic acid groups (broad SMARTS) is 1. The van der Waals surface area contributed by atoms with Crippen molar-refractivity contribution < 1.29 is 24.2 Å². The van der Waals surface area contributed by atoms with Gasteiger partial charge in [-0.2, -0.15) is 0 Å². The molecule has 2 aromatic rings. The molecule has 0 spiro atoms. The Morgan fingerprint density at radius 2 is 1.91 bits per heavy atom. The van der Waals surface area contributed by atoms with Gasteiger partial charge >= 0.3 is 5.97 Å². The summed E-state index contributed by atoms with van der Waals surface area (Å²) in [6, 6.07) is 5.79. The second kappa shape index (κ2) is 5.18. The number of aromatic hydroxyl groups is 1. The predicted molar refractivity (Wildman–Crippen MR) is 74.2 cm³/mol. The van der Waals surface area contributed by atoms with Crippen molar-refractivity contribution >= 4 is 11.9 Å². The highest BCUT2D eigenvalue weighted by molar-refractivity contribution is 6.01. The van der Waals surface area contributed by atoms with Crippen LogP contribution in [0.3, 0.4) is 0 Å². The Labute approximate surface area is 125 Å². The zero-order valence-corrected chi connectivity index (χ0v) is 11.5. The van der Waals surface area contributed by atoms with Crippen LogP contribution in [-0.4, -0.2) is 38.1 Å². The summed E-state index contributed by atoms with van der Waals surface area (Å²) in [6.45, 7) is 1.05. The van der Waals surface area contributed by atoms with Crippen LogP contribution in [0, 0.1) is 5.82 Å². The van der Waals surface area contributed by atoms with Crippen LogP contribution >= 0.6 is 0 Å². The standard InChI is InChI=1S/C15H13FN2O4/c16-10-3-1-9(2-4-10)7-18-6-5-17-8-11(15(21)22)13(19)12(17)14(18)20/h1-4,8,19H,5-7H2,(H,21,22). The number of hydrogen-bond donors (Lipinski definition) is 2. The molecule has 1 aliphatic rings. The molecule has 6 nitrogen and oxygen atoms in total. The average molecular weight is 304 g/mol. The Bertz CT molecular complexity index is 752. The lowest BCUT2D eigenvalue weighted by molar-refractivity contribution is 0.0684. The number of carbonyl (C=O) groups excluding carboxylic acids is 1. The summed E-state index contributed by atoms with van der Waals surface area (Å²) in [4.78, 5) is 24.9. The molecular formula is C15H13FN2O4. The van der Waals surface area contributed by atoms with E-state index in [1.165, 1.54) is 27.8 Å². The van der Waals surface area contributed by atoms with Crippen LogP contribution in [0.2, 0.25) is 0 Å². The summed E-state index contributed by atoms with van der Waals surface area (Å²) in [5.74, 6) is -2.59. The molecule has 0 unspecified atom stereocenters. The molecule has 2 N–H and O–H groups in total. The fourth-order valence-electron chi connectivity index (χ4n) is 2.54. The SMILES string of the molecule is O=C(O)c1cn2c(c1O)C(=O)N(Cc1ccc(F)cc1)CC2. The lowest BCUT2D eigenvalue weighted by atomic mass is 10.1. The van der Waals surface area contributed by atoms with Crippen molar-refractivity contribution in [1.29, 1.82) is 0 Å². The quantitative estimate of drug-likeness (QED) is 0.904. The predicted octanol–water partition coefficient (Wildman–Crippen LogP) is 1.69. The van der Waals surface area contributed by atoms with E-state index < -0.39 is 17.6 Å². The Morgan fingerprint density at radius 1 is 1.23 bits per heavy atom. The van der Waals surface area contributed by atoms with Gasteiger partial charge in [-0.15, -0.1) is 0 Å². The van der Waals surface area contributed by atoms with Crippen LogP contribution in [0.25, 0.3) is 0 Å². The molecular weight excluding hydrogens is 291 g/mol. The third-order valence-electron chi connectivity index (χ3n) is 3.67. The minimum atomic E-state index is -1.28. The van der Waals surface area contributed by atoms with Gasteiger partial charge in [-0.05, 0) is 17.7 Å². The molecule has 1 aromatic heterocycles. The minimum Gasteiger partial charge on any atom is -0.505 e. The van der Waals surface area contributed by atoms with E-state index in [1.807, 2.05) is 0 Å². The summed E-state index contributed by atoms with van der Waals surface area (Å²) in [5, 5.41) is 18.9. The molecule has 2 heterocycles. The van der Waals surface area contributed by atoms with Crippen LogP contribution in [0.5, 0.6) is 5.75 Å². The van der Waals surface area contributed by atoms with Crippen molar-refractivity contribution in [2.24, 2.45) is 0 Å². The smallest absolute Gasteiger partial charge is 0.341 e. The van der Waals surface area contributed by atoms with Gasteiger partial charge in [-0.25, -0.2) is 9.18 Å². The number of carboxylic acids is 1. The highest BCUT2D eigenvalue weighted by atomic mass is 19.1. The first-order valence-electron chi connectivity index (χ1n) is 6.66. The Morgan fingerprint density at radius 3 is 2.55 bits per heavy atom. The number of halogens is 1. The molecule has 1 aromatic carbocycles. The van der Waals surface area contributed by atoms with E-state index in [9.17, 15) is 19.1 Å². The van der Waals surface area contributed by atoms with Gasteiger partial charge in [0, 0.05) is 25.8 Å². The number of benzene rings is 1. The molecule has 1 aliphatic heterocycles. The van der Waals surface area contributed by atoms with Gasteiger partial charge in [-0.1, -0.05) is 12.1 Å². The average Bonchev–Trinajstić information content (AvgIpc) is 2.82. The number of nitrogens with zero attached hydrogens (tertiary/aromatic N) is 2. The summed E-state index contributed by atoms with van der Waals surface area (Å²) in [7, 11) is 0. The zero-order chi connectivity index (χ0) is 15.9. The molecule has 0 saturated heterocycles. The van der Waals surface area contributed by atoms with Gasteiger partial charge in [0.2, 0.25) is 0 Å². The first kappa shape index (κ1) is 14.1. The first-order chi connectivity index (χ1) is 10.5. The van der Waals surface area contributed by atoms with Gasteiger partial charge in [0.15, 0.2) is 11.4 Å². The van der Waals surface area contributed by atoms with Gasteiger partial charge in [0.1, 0.15) is 11.4 Å². The van der Waals surface area contributed by atoms with E-state index in [4.69, 9.17) is 5.11 Å². The lowest BCUT2D eigenvalue weighted by Crippen LogP contribution is -2.39. The number of fused-ring (bicyclic) bond motifs is 1. The molecule has 0 bridgehead atoms. The monoisotopic (exact) mass is 304 g/mol. The number of aromatic carboxylic acids is 1. The molecule has 0 radical (unpaired) electrons. The maximum absolute atomic E-state index is 12.9. The fraction of sp³-hybridized carbons (Fsp3) is 0.200. The molecule has 114 valence electrons. The van der Waals surface area contributed by atoms with E-state index in [1.54, 1.807) is 12.1 Å². The zero-order valence-electron chi connectivity index (χ0n) is 11.5. The summed E-state index contributed by atoms with van der Waals surface area (Å²) < 4.78 is 14.3. The molecule has 1 amide bonds. The number of rotatable bonds is 3. The maximum Gasteiger partial charge on any atom is 0.341 e. The number of hydrogen-bond acceptors (Lipinski definition) is 3. The summed E-state index contributed by atoms with van der Waals surface area (Å²) >= 11 is 0. The van der Waals surface area contributed by atoms with E-state index >= 15 is 0 Å². The Balaban J connectivity index is 1.88. The summed E-state index contributed by atoms with van der Waals surface area (Å²) in [6.07, 6.45) is 1.26. The molecule has 0 aliphatic carbocycles. The number of carbonyl (C=O) groups is 2. The van der Waals surface area contributed by atoms with Crippen molar-refractivity contribution in [1.82, 2.24) is 9.47 Å². The fourth-order valence-corrected chi connectivity index (χ4v) is 2.54. The van der Waals surface area contributed by atoms with Crippen LogP contribution in [0.1, 0.15) is 26.4 Å². The minimum absolute atomic E-state index is 0.0224. The number of amides is 1. The first-order valence-corrected chi connectivity index (χ1v) is 6.66. The van der Waals surface area contributed by atoms with Crippen LogP contribution in [0.15, 0.2) is 30.5 Å². The van der Waals surface area contributed by atoms with Crippen LogP contribution < -0.4 is 0 Å². The van der Waals surface area contributed by atoms with Crippen LogP contribution in [0.4, 0.5) is 4.39 Å². The van der Waals surface area contributed by atoms with Crippen molar-refractivity contribution in [3.05, 3.63) is 53.1 Å². The van der Waals surface area contributed by atoms with Crippen molar-refractivity contribution in [2.45, 2.75) is 13.1 Å². The molecule has 0 saturated carbocycles. The highest BCUT2D eigenvalue weighted by Gasteiger charge is 2.31. The molecule has 0 fully saturated rings. The molecule has 0 atom stereocenters. The van der Waals surface area contributed by atoms with Crippen LogP contribution in [-0.2, 0) is 13.1 Å². The van der Waals surface area contributed by atoms with Crippen molar-refractivity contribution in [2.75, 3.05) is 6.54 Å². The Hall–Kier alpha value is -2.83. The normalized spacial score (nSPS) is 14.0. The van der Waals surface area contributed by atoms with Crippen molar-refractivity contribution in [3.8, 4) is 5.75 Å². The topological polar surface area (TPSA) is 82.8 Å². The van der Waals surface area contributed by atoms with E-state index in [0.29, 0.717) is 13.1 Å². The third kappa shape index (κ3) is 2.30. The molecule has 7 heteroatoms. The van der Waals surface area contributed by atoms with E-state index in [2.05, 4.69) is 0 Å².